The van der Waals surface area contributed by atoms with E-state index in [1.165, 1.54) is 23.6 Å². The fourth-order valence-electron chi connectivity index (χ4n) is 9.62. The van der Waals surface area contributed by atoms with Crippen LogP contribution < -0.4 is 26.0 Å². The summed E-state index contributed by atoms with van der Waals surface area (Å²) in [5.41, 5.74) is 6.75. The minimum atomic E-state index is -0.402. The van der Waals surface area contributed by atoms with Crippen LogP contribution in [0.5, 0.6) is 0 Å². The molecular formula is C51H65ClN8O4S2. The second kappa shape index (κ2) is 24.7. The maximum atomic E-state index is 13.8. The normalized spacial score (nSPS) is 20.9. The Morgan fingerprint density at radius 3 is 2.39 bits per heavy atom. The zero-order valence-electron chi connectivity index (χ0n) is 38.0. The van der Waals surface area contributed by atoms with Crippen LogP contribution in [-0.2, 0) is 4.74 Å². The van der Waals surface area contributed by atoms with Crippen LogP contribution in [-0.4, -0.2) is 124 Å². The first-order valence-corrected chi connectivity index (χ1v) is 25.0. The number of nitrogens with two attached hydrogens (primary N) is 1. The molecule has 5 N–H and O–H groups in total. The molecule has 4 aliphatic rings. The molecule has 0 saturated carbocycles. The van der Waals surface area contributed by atoms with E-state index in [1.807, 2.05) is 60.7 Å². The van der Waals surface area contributed by atoms with Gasteiger partial charge >= 0.3 is 0 Å². The van der Waals surface area contributed by atoms with E-state index in [4.69, 9.17) is 16.3 Å². The lowest BCUT2D eigenvalue weighted by atomic mass is 9.71. The third kappa shape index (κ3) is 13.9. The Morgan fingerprint density at radius 1 is 0.970 bits per heavy atom. The number of nitrogens with zero attached hydrogens (tertiary/aromatic N) is 4. The van der Waals surface area contributed by atoms with Crippen LogP contribution in [0.3, 0.4) is 0 Å². The number of nitro groups is 1. The van der Waals surface area contributed by atoms with E-state index in [1.54, 1.807) is 29.5 Å². The smallest absolute Gasteiger partial charge is 0.293 e. The topological polar surface area (TPSA) is 141 Å². The van der Waals surface area contributed by atoms with Gasteiger partial charge in [-0.05, 0) is 109 Å². The Morgan fingerprint density at radius 2 is 1.70 bits per heavy atom. The van der Waals surface area contributed by atoms with Crippen molar-refractivity contribution >= 4 is 64.6 Å². The van der Waals surface area contributed by atoms with Gasteiger partial charge in [-0.25, -0.2) is 0 Å². The lowest BCUT2D eigenvalue weighted by molar-refractivity contribution is -0.384. The average molecular weight is 954 g/mol. The zero-order chi connectivity index (χ0) is 46.3. The maximum Gasteiger partial charge on any atom is 0.293 e. The summed E-state index contributed by atoms with van der Waals surface area (Å²) in [5, 5.41) is 27.9. The summed E-state index contributed by atoms with van der Waals surface area (Å²) >= 11 is 11.0. The van der Waals surface area contributed by atoms with Crippen molar-refractivity contribution < 1.29 is 14.5 Å². The lowest BCUT2D eigenvalue weighted by Gasteiger charge is -2.43. The molecule has 3 aliphatic heterocycles. The lowest BCUT2D eigenvalue weighted by Crippen LogP contribution is -2.49. The number of hydrogen-bond donors (Lipinski definition) is 5. The van der Waals surface area contributed by atoms with E-state index < -0.39 is 4.92 Å². The molecule has 0 spiro atoms. The van der Waals surface area contributed by atoms with Gasteiger partial charge in [-0.1, -0.05) is 66.6 Å². The van der Waals surface area contributed by atoms with Crippen LogP contribution >= 0.6 is 36.2 Å². The quantitative estimate of drug-likeness (QED) is 0.0163. The second-order valence-electron chi connectivity index (χ2n) is 18.0. The van der Waals surface area contributed by atoms with Gasteiger partial charge in [0.05, 0.1) is 18.1 Å². The number of nitro benzene ring substituents is 1. The van der Waals surface area contributed by atoms with Gasteiger partial charge in [0.25, 0.3) is 5.69 Å². The number of halogens is 1. The molecule has 66 heavy (non-hydrogen) atoms. The number of anilines is 2. The first-order valence-electron chi connectivity index (χ1n) is 23.2. The molecule has 2 fully saturated rings. The number of thioether (sulfide) groups is 1. The molecule has 4 aromatic carbocycles. The van der Waals surface area contributed by atoms with Crippen LogP contribution in [0, 0.1) is 15.5 Å². The number of allylic oxidation sites excluding steroid dienone is 1. The molecule has 352 valence electrons. The fraction of sp³-hybridized carbons (Fsp3) is 0.431. The summed E-state index contributed by atoms with van der Waals surface area (Å²) in [5.74, 6) is 0.470. The summed E-state index contributed by atoms with van der Waals surface area (Å²) in [7, 11) is 0. The molecule has 8 rings (SSSR count). The SMILES string of the molecule is CC1(CN2CCNCC2)CCC(c2ccc(Cl)cc2)=C(CN2CCN(c3ccc(C(=O)c4ccc(NC(CCNC5C=CCOC5)CSc5ccccc5)c([N+](=O)[O-])c4)cc3)CC2)C1.NS. The summed E-state index contributed by atoms with van der Waals surface area (Å²) < 4.78 is 5.56. The molecule has 0 amide bonds. The monoisotopic (exact) mass is 952 g/mol. The highest BCUT2D eigenvalue weighted by Gasteiger charge is 2.35. The van der Waals surface area contributed by atoms with E-state index in [-0.39, 0.29) is 29.0 Å². The van der Waals surface area contributed by atoms with Gasteiger partial charge in [0.2, 0.25) is 0 Å². The van der Waals surface area contributed by atoms with Crippen LogP contribution in [0.4, 0.5) is 17.1 Å². The van der Waals surface area contributed by atoms with Gasteiger partial charge in [0, 0.05) is 116 Å². The predicted octanol–water partition coefficient (Wildman–Crippen LogP) is 8.45. The molecule has 2 saturated heterocycles. The molecule has 3 atom stereocenters. The maximum absolute atomic E-state index is 13.8. The molecule has 12 nitrogen and oxygen atoms in total. The number of ketones is 1. The molecule has 3 unspecified atom stereocenters. The molecule has 4 aromatic rings. The molecule has 3 heterocycles. The van der Waals surface area contributed by atoms with Gasteiger partial charge in [0.15, 0.2) is 5.78 Å². The second-order valence-corrected chi connectivity index (χ2v) is 19.5. The highest BCUT2D eigenvalue weighted by Crippen LogP contribution is 2.44. The van der Waals surface area contributed by atoms with Crippen LogP contribution in [0.1, 0.15) is 54.1 Å². The summed E-state index contributed by atoms with van der Waals surface area (Å²) in [6.45, 7) is 14.6. The number of nitrogens with one attached hydrogen (secondary N) is 3. The van der Waals surface area contributed by atoms with Crippen molar-refractivity contribution in [3.63, 3.8) is 0 Å². The number of benzene rings is 4. The van der Waals surface area contributed by atoms with Crippen molar-refractivity contribution in [2.75, 3.05) is 101 Å². The number of piperazine rings is 2. The van der Waals surface area contributed by atoms with Gasteiger partial charge in [-0.15, -0.1) is 24.6 Å². The first-order chi connectivity index (χ1) is 32.2. The van der Waals surface area contributed by atoms with E-state index in [0.29, 0.717) is 42.3 Å². The largest absolute Gasteiger partial charge is 0.376 e. The Kier molecular flexibility index (Phi) is 18.6. The number of rotatable bonds is 18. The van der Waals surface area contributed by atoms with Gasteiger partial charge < -0.3 is 30.5 Å². The van der Waals surface area contributed by atoms with Crippen molar-refractivity contribution in [1.82, 2.24) is 20.4 Å². The number of ether oxygens (including phenoxy) is 1. The van der Waals surface area contributed by atoms with E-state index >= 15 is 0 Å². The van der Waals surface area contributed by atoms with Crippen LogP contribution in [0.2, 0.25) is 5.02 Å². The van der Waals surface area contributed by atoms with Crippen LogP contribution in [0.15, 0.2) is 120 Å². The van der Waals surface area contributed by atoms with Crippen molar-refractivity contribution in [2.24, 2.45) is 10.6 Å². The Balaban J connectivity index is 0.00000320. The van der Waals surface area contributed by atoms with Gasteiger partial charge in [0.1, 0.15) is 5.69 Å². The highest BCUT2D eigenvalue weighted by molar-refractivity contribution is 7.99. The van der Waals surface area contributed by atoms with Gasteiger partial charge in [-0.2, -0.15) is 0 Å². The van der Waals surface area contributed by atoms with E-state index in [9.17, 15) is 14.9 Å². The average Bonchev–Trinajstić information content (AvgIpc) is 3.35. The summed E-state index contributed by atoms with van der Waals surface area (Å²) in [6, 6.07) is 31.1. The third-order valence-corrected chi connectivity index (χ3v) is 14.6. The minimum Gasteiger partial charge on any atom is -0.376 e. The molecule has 0 aromatic heterocycles. The van der Waals surface area contributed by atoms with Crippen molar-refractivity contribution in [3.8, 4) is 0 Å². The van der Waals surface area contributed by atoms with E-state index in [0.717, 1.165) is 100 Å². The zero-order valence-corrected chi connectivity index (χ0v) is 40.5. The molecular weight excluding hydrogens is 888 g/mol. The fourth-order valence-corrected chi connectivity index (χ4v) is 10.7. The third-order valence-electron chi connectivity index (χ3n) is 13.1. The molecule has 15 heteroatoms. The van der Waals surface area contributed by atoms with Crippen molar-refractivity contribution in [1.29, 1.82) is 0 Å². The number of hydrogen-bond acceptors (Lipinski definition) is 13. The van der Waals surface area contributed by atoms with Crippen molar-refractivity contribution in [2.45, 2.75) is 49.6 Å². The number of carbonyl (C=O) groups is 1. The highest BCUT2D eigenvalue weighted by atomic mass is 35.5. The molecule has 1 aliphatic carbocycles. The number of thiol groups is 1. The summed E-state index contributed by atoms with van der Waals surface area (Å²) in [4.78, 5) is 34.7. The van der Waals surface area contributed by atoms with Gasteiger partial charge in [-0.3, -0.25) is 24.9 Å². The Bertz CT molecular complexity index is 2250. The first kappa shape index (κ1) is 49.7. The van der Waals surface area contributed by atoms with Crippen molar-refractivity contribution in [3.05, 3.63) is 147 Å². The minimum absolute atomic E-state index is 0.0692. The van der Waals surface area contributed by atoms with Crippen LogP contribution in [0.25, 0.3) is 5.57 Å². The Hall–Kier alpha value is -4.22. The number of carbonyl (C=O) groups excluding carboxylic acids is 1. The predicted molar refractivity (Wildman–Crippen MR) is 275 cm³/mol. The van der Waals surface area contributed by atoms with E-state index in [2.05, 4.69) is 85.9 Å². The Labute approximate surface area is 405 Å². The molecule has 0 radical (unpaired) electrons. The molecule has 0 bridgehead atoms. The summed E-state index contributed by atoms with van der Waals surface area (Å²) in [6.07, 6.45) is 8.26. The standard InChI is InChI=1S/C51H62ClN7O4S.H3NS/c1-51(37-57-25-23-53-24-26-57)21-19-47(38-9-14-42(52)15-10-38)41(33-51)34-56-27-29-58(30-28-56)45-16-11-39(12-17-45)50(60)40-13-18-48(49(32-40)59(61)62)55-44(36-64-46-7-3-2-4-8-46)20-22-54-43-6-5-31-63-35-43;1-2/h2-18,32,43-44,53-55H,19-31,33-37H2,1H3;2H,1H2.